The summed E-state index contributed by atoms with van der Waals surface area (Å²) in [6.07, 6.45) is 1.67. The summed E-state index contributed by atoms with van der Waals surface area (Å²) in [7, 11) is 0. The quantitative estimate of drug-likeness (QED) is 0.895. The number of pyridine rings is 1. The van der Waals surface area contributed by atoms with E-state index in [1.165, 1.54) is 0 Å². The second-order valence-corrected chi connectivity index (χ2v) is 6.21. The van der Waals surface area contributed by atoms with Gasteiger partial charge in [0.15, 0.2) is 0 Å². The van der Waals surface area contributed by atoms with Crippen LogP contribution in [0.15, 0.2) is 42.5 Å². The Balaban J connectivity index is 1.75. The monoisotopic (exact) mass is 339 g/mol. The Morgan fingerprint density at radius 2 is 2.08 bits per heavy atom. The number of nitrogens with zero attached hydrogens (tertiary/aromatic N) is 2. The molecule has 2 N–H and O–H groups in total. The largest absolute Gasteiger partial charge is 0.394 e. The van der Waals surface area contributed by atoms with Gasteiger partial charge in [0.1, 0.15) is 11.5 Å². The number of anilines is 1. The Morgan fingerprint density at radius 3 is 2.84 bits per heavy atom. The number of benzene rings is 1. The molecule has 0 unspecified atom stereocenters. The summed E-state index contributed by atoms with van der Waals surface area (Å²) in [4.78, 5) is 30.8. The van der Waals surface area contributed by atoms with Gasteiger partial charge in [-0.2, -0.15) is 0 Å². The van der Waals surface area contributed by atoms with E-state index in [1.807, 2.05) is 19.1 Å². The molecule has 0 aliphatic carbocycles. The van der Waals surface area contributed by atoms with Crippen LogP contribution in [-0.2, 0) is 0 Å². The van der Waals surface area contributed by atoms with Crippen LogP contribution in [0.3, 0.4) is 0 Å². The van der Waals surface area contributed by atoms with Crippen LogP contribution in [0.25, 0.3) is 0 Å². The van der Waals surface area contributed by atoms with Crippen molar-refractivity contribution in [2.75, 3.05) is 18.5 Å². The number of hydrogen-bond donors (Lipinski definition) is 2. The molecule has 1 aliphatic rings. The van der Waals surface area contributed by atoms with Crippen LogP contribution in [0.4, 0.5) is 5.82 Å². The van der Waals surface area contributed by atoms with Crippen molar-refractivity contribution in [1.29, 1.82) is 0 Å². The summed E-state index contributed by atoms with van der Waals surface area (Å²) in [6.45, 7) is 2.49. The van der Waals surface area contributed by atoms with Crippen LogP contribution in [-0.4, -0.2) is 46.0 Å². The summed E-state index contributed by atoms with van der Waals surface area (Å²) < 4.78 is 0. The first-order chi connectivity index (χ1) is 12.1. The third kappa shape index (κ3) is 3.85. The van der Waals surface area contributed by atoms with E-state index >= 15 is 0 Å². The van der Waals surface area contributed by atoms with E-state index in [2.05, 4.69) is 10.3 Å². The highest BCUT2D eigenvalue weighted by Crippen LogP contribution is 2.19. The number of likely N-dealkylation sites (tertiary alicyclic amines) is 1. The van der Waals surface area contributed by atoms with Gasteiger partial charge in [-0.1, -0.05) is 23.8 Å². The molecular formula is C19H21N3O3. The maximum absolute atomic E-state index is 12.6. The maximum Gasteiger partial charge on any atom is 0.272 e. The van der Waals surface area contributed by atoms with Crippen LogP contribution in [0.2, 0.25) is 0 Å². The lowest BCUT2D eigenvalue weighted by Gasteiger charge is -2.22. The number of aryl methyl sites for hydroxylation is 1. The van der Waals surface area contributed by atoms with Crippen molar-refractivity contribution in [2.24, 2.45) is 0 Å². The smallest absolute Gasteiger partial charge is 0.272 e. The molecule has 25 heavy (non-hydrogen) atoms. The number of carbonyl (C=O) groups excluding carboxylic acids is 2. The molecule has 3 rings (SSSR count). The molecular weight excluding hydrogens is 318 g/mol. The van der Waals surface area contributed by atoms with Gasteiger partial charge in [-0.15, -0.1) is 0 Å². The average Bonchev–Trinajstić information content (AvgIpc) is 3.10. The number of hydrogen-bond acceptors (Lipinski definition) is 4. The van der Waals surface area contributed by atoms with Gasteiger partial charge in [-0.3, -0.25) is 9.59 Å². The molecule has 0 bridgehead atoms. The molecule has 2 aromatic rings. The van der Waals surface area contributed by atoms with Gasteiger partial charge in [0.25, 0.3) is 11.8 Å². The van der Waals surface area contributed by atoms with Crippen molar-refractivity contribution in [3.8, 4) is 0 Å². The van der Waals surface area contributed by atoms with E-state index in [-0.39, 0.29) is 30.2 Å². The van der Waals surface area contributed by atoms with Gasteiger partial charge < -0.3 is 15.3 Å². The molecule has 1 aliphatic heterocycles. The Kier molecular flexibility index (Phi) is 5.09. The lowest BCUT2D eigenvalue weighted by molar-refractivity contribution is 0.0671. The number of nitrogens with one attached hydrogen (secondary N) is 1. The van der Waals surface area contributed by atoms with Crippen molar-refractivity contribution in [3.63, 3.8) is 0 Å². The molecule has 1 aromatic heterocycles. The number of aliphatic hydroxyl groups excluding tert-OH is 1. The second-order valence-electron chi connectivity index (χ2n) is 6.21. The van der Waals surface area contributed by atoms with Crippen molar-refractivity contribution < 1.29 is 14.7 Å². The topological polar surface area (TPSA) is 82.5 Å². The van der Waals surface area contributed by atoms with Gasteiger partial charge in [0.05, 0.1) is 12.6 Å². The normalized spacial score (nSPS) is 16.7. The molecule has 130 valence electrons. The zero-order chi connectivity index (χ0) is 17.8. The number of carbonyl (C=O) groups is 2. The number of aromatic nitrogens is 1. The van der Waals surface area contributed by atoms with E-state index in [0.717, 1.165) is 18.4 Å². The van der Waals surface area contributed by atoms with Gasteiger partial charge in [0, 0.05) is 12.1 Å². The van der Waals surface area contributed by atoms with Crippen molar-refractivity contribution in [1.82, 2.24) is 9.88 Å². The first-order valence-corrected chi connectivity index (χ1v) is 8.35. The van der Waals surface area contributed by atoms with Crippen molar-refractivity contribution in [2.45, 2.75) is 25.8 Å². The summed E-state index contributed by atoms with van der Waals surface area (Å²) in [5, 5.41) is 12.1. The average molecular weight is 339 g/mol. The van der Waals surface area contributed by atoms with E-state index in [4.69, 9.17) is 0 Å². The Labute approximate surface area is 146 Å². The van der Waals surface area contributed by atoms with Gasteiger partial charge in [-0.05, 0) is 44.0 Å². The molecule has 0 radical (unpaired) electrons. The van der Waals surface area contributed by atoms with E-state index in [1.54, 1.807) is 35.2 Å². The number of amides is 2. The zero-order valence-corrected chi connectivity index (χ0v) is 14.1. The summed E-state index contributed by atoms with van der Waals surface area (Å²) in [6, 6.07) is 12.1. The van der Waals surface area contributed by atoms with Crippen LogP contribution in [0, 0.1) is 6.92 Å². The number of aliphatic hydroxyl groups is 1. The second kappa shape index (κ2) is 7.44. The first-order valence-electron chi connectivity index (χ1n) is 8.35. The Hall–Kier alpha value is -2.73. The molecule has 0 spiro atoms. The van der Waals surface area contributed by atoms with Crippen molar-refractivity contribution >= 4 is 17.6 Å². The van der Waals surface area contributed by atoms with Gasteiger partial charge >= 0.3 is 0 Å². The lowest BCUT2D eigenvalue weighted by atomic mass is 10.1. The molecule has 1 atom stereocenters. The van der Waals surface area contributed by atoms with Gasteiger partial charge in [-0.25, -0.2) is 4.98 Å². The first kappa shape index (κ1) is 17.1. The molecule has 0 saturated carbocycles. The van der Waals surface area contributed by atoms with E-state index in [9.17, 15) is 14.7 Å². The molecule has 2 heterocycles. The minimum atomic E-state index is -0.268. The van der Waals surface area contributed by atoms with Crippen LogP contribution in [0.1, 0.15) is 39.3 Å². The van der Waals surface area contributed by atoms with Gasteiger partial charge in [0.2, 0.25) is 0 Å². The Bertz CT molecular complexity index is 791. The fourth-order valence-corrected chi connectivity index (χ4v) is 3.04. The number of rotatable bonds is 4. The SMILES string of the molecule is Cc1cccc(C(=O)Nc2cccc(C(=O)N3CCC[C@H]3CO)n2)c1. The maximum atomic E-state index is 12.6. The molecule has 1 aromatic carbocycles. The minimum absolute atomic E-state index is 0.0461. The summed E-state index contributed by atoms with van der Waals surface area (Å²) in [5.41, 5.74) is 1.80. The highest BCUT2D eigenvalue weighted by molar-refractivity contribution is 6.04. The lowest BCUT2D eigenvalue weighted by Crippen LogP contribution is -2.38. The minimum Gasteiger partial charge on any atom is -0.394 e. The van der Waals surface area contributed by atoms with Crippen LogP contribution >= 0.6 is 0 Å². The van der Waals surface area contributed by atoms with Crippen LogP contribution < -0.4 is 5.32 Å². The highest BCUT2D eigenvalue weighted by atomic mass is 16.3. The summed E-state index contributed by atoms with van der Waals surface area (Å²) in [5.74, 6) is -0.157. The fourth-order valence-electron chi connectivity index (χ4n) is 3.04. The third-order valence-electron chi connectivity index (χ3n) is 4.34. The zero-order valence-electron chi connectivity index (χ0n) is 14.1. The molecule has 6 nitrogen and oxygen atoms in total. The fraction of sp³-hybridized carbons (Fsp3) is 0.316. The predicted octanol–water partition coefficient (Wildman–Crippen LogP) is 2.24. The highest BCUT2D eigenvalue weighted by Gasteiger charge is 2.29. The molecule has 6 heteroatoms. The third-order valence-corrected chi connectivity index (χ3v) is 4.34. The molecule has 2 amide bonds. The summed E-state index contributed by atoms with van der Waals surface area (Å²) >= 11 is 0. The van der Waals surface area contributed by atoms with E-state index in [0.29, 0.717) is 17.9 Å². The molecule has 1 saturated heterocycles. The Morgan fingerprint density at radius 1 is 1.28 bits per heavy atom. The van der Waals surface area contributed by atoms with E-state index < -0.39 is 0 Å². The van der Waals surface area contributed by atoms with Crippen molar-refractivity contribution in [3.05, 3.63) is 59.3 Å². The van der Waals surface area contributed by atoms with Crippen LogP contribution in [0.5, 0.6) is 0 Å². The predicted molar refractivity (Wildman–Crippen MR) is 94.5 cm³/mol. The standard InChI is InChI=1S/C19H21N3O3/c1-13-5-2-6-14(11-13)18(24)21-17-9-3-8-16(20-17)19(25)22-10-4-7-15(22)12-23/h2-3,5-6,8-9,11,15,23H,4,7,10,12H2,1H3,(H,20,21,24)/t15-/m0/s1. The molecule has 1 fully saturated rings.